The summed E-state index contributed by atoms with van der Waals surface area (Å²) in [6.45, 7) is 4.30. The second kappa shape index (κ2) is 6.83. The molecule has 1 fully saturated rings. The number of nitrogens with one attached hydrogen (secondary N) is 2. The van der Waals surface area contributed by atoms with Crippen LogP contribution in [0.4, 0.5) is 0 Å². The minimum atomic E-state index is -3.09. The molecule has 1 aliphatic heterocycles. The van der Waals surface area contributed by atoms with Gasteiger partial charge < -0.3 is 5.32 Å². The molecule has 1 unspecified atom stereocenters. The van der Waals surface area contributed by atoms with E-state index in [2.05, 4.69) is 17.0 Å². The van der Waals surface area contributed by atoms with E-state index in [0.29, 0.717) is 11.8 Å². The maximum atomic E-state index is 11.9. The largest absolute Gasteiger partial charge is 0.317 e. The molecule has 4 nitrogen and oxygen atoms in total. The van der Waals surface area contributed by atoms with Crippen molar-refractivity contribution >= 4 is 21.8 Å². The van der Waals surface area contributed by atoms with E-state index in [1.807, 2.05) is 6.26 Å². The molecule has 2 N–H and O–H groups in total. The van der Waals surface area contributed by atoms with Crippen molar-refractivity contribution in [2.75, 3.05) is 25.9 Å². The summed E-state index contributed by atoms with van der Waals surface area (Å²) in [5.74, 6) is 0. The second-order valence-corrected chi connectivity index (χ2v) is 7.55. The number of hydrogen-bond acceptors (Lipinski definition) is 4. The Kier molecular flexibility index (Phi) is 6.10. The first-order valence-corrected chi connectivity index (χ1v) is 8.61. The Labute approximate surface area is 103 Å². The van der Waals surface area contributed by atoms with Crippen molar-refractivity contribution in [2.45, 2.75) is 36.7 Å². The van der Waals surface area contributed by atoms with Crippen LogP contribution in [0.2, 0.25) is 0 Å². The Hall–Kier alpha value is 0.220. The van der Waals surface area contributed by atoms with Crippen molar-refractivity contribution in [1.29, 1.82) is 0 Å². The van der Waals surface area contributed by atoms with Crippen LogP contribution in [0.25, 0.3) is 0 Å². The molecule has 0 radical (unpaired) electrons. The summed E-state index contributed by atoms with van der Waals surface area (Å²) in [7, 11) is -3.09. The van der Waals surface area contributed by atoms with Crippen LogP contribution in [-0.2, 0) is 10.0 Å². The third-order valence-electron chi connectivity index (χ3n) is 2.98. The summed E-state index contributed by atoms with van der Waals surface area (Å²) in [6.07, 6.45) is 4.40. The summed E-state index contributed by atoms with van der Waals surface area (Å²) < 4.78 is 26.5. The molecule has 1 rings (SSSR count). The van der Waals surface area contributed by atoms with Gasteiger partial charge in [0.05, 0.1) is 5.25 Å². The molecule has 96 valence electrons. The van der Waals surface area contributed by atoms with E-state index in [1.165, 1.54) is 0 Å². The zero-order valence-corrected chi connectivity index (χ0v) is 11.7. The first kappa shape index (κ1) is 14.3. The van der Waals surface area contributed by atoms with Crippen molar-refractivity contribution in [2.24, 2.45) is 0 Å². The molecule has 0 aromatic carbocycles. The molecule has 0 spiro atoms. The van der Waals surface area contributed by atoms with Crippen molar-refractivity contribution < 1.29 is 8.42 Å². The monoisotopic (exact) mass is 266 g/mol. The van der Waals surface area contributed by atoms with E-state index in [4.69, 9.17) is 0 Å². The normalized spacial score (nSPS) is 20.9. The topological polar surface area (TPSA) is 58.2 Å². The average Bonchev–Trinajstić information content (AvgIpc) is 2.30. The fourth-order valence-electron chi connectivity index (χ4n) is 1.75. The minimum absolute atomic E-state index is 0.196. The van der Waals surface area contributed by atoms with Crippen molar-refractivity contribution in [3.05, 3.63) is 0 Å². The van der Waals surface area contributed by atoms with E-state index in [9.17, 15) is 8.42 Å². The highest BCUT2D eigenvalue weighted by Gasteiger charge is 2.26. The number of rotatable bonds is 6. The molecule has 0 amide bonds. The van der Waals surface area contributed by atoms with Gasteiger partial charge in [-0.05, 0) is 38.6 Å². The number of hydrogen-bond donors (Lipinski definition) is 2. The second-order valence-electron chi connectivity index (χ2n) is 4.22. The molecule has 1 aliphatic rings. The van der Waals surface area contributed by atoms with Crippen LogP contribution in [0, 0.1) is 0 Å². The van der Waals surface area contributed by atoms with Gasteiger partial charge in [-0.2, -0.15) is 11.8 Å². The van der Waals surface area contributed by atoms with Crippen molar-refractivity contribution in [3.8, 4) is 0 Å². The van der Waals surface area contributed by atoms with Crippen LogP contribution in [0.15, 0.2) is 0 Å². The lowest BCUT2D eigenvalue weighted by atomic mass is 10.2. The van der Waals surface area contributed by atoms with Crippen LogP contribution in [0.3, 0.4) is 0 Å². The molecule has 6 heteroatoms. The van der Waals surface area contributed by atoms with Crippen LogP contribution < -0.4 is 10.0 Å². The molecular weight excluding hydrogens is 244 g/mol. The van der Waals surface area contributed by atoms with Crippen molar-refractivity contribution in [3.63, 3.8) is 0 Å². The Morgan fingerprint density at radius 1 is 1.44 bits per heavy atom. The maximum absolute atomic E-state index is 11.9. The zero-order valence-electron chi connectivity index (χ0n) is 10.0. The molecule has 0 aromatic heterocycles. The van der Waals surface area contributed by atoms with E-state index in [1.54, 1.807) is 11.8 Å². The standard InChI is InChI=1S/C10H22N2O2S2/c1-9(15-2)3-8-12-16(13,14)10-4-6-11-7-5-10/h9-12H,3-8H2,1-2H3. The lowest BCUT2D eigenvalue weighted by Crippen LogP contribution is -2.42. The molecule has 1 atom stereocenters. The Morgan fingerprint density at radius 3 is 2.62 bits per heavy atom. The van der Waals surface area contributed by atoms with Gasteiger partial charge >= 0.3 is 0 Å². The number of piperidine rings is 1. The SMILES string of the molecule is CSC(C)CCNS(=O)(=O)C1CCNCC1. The van der Waals surface area contributed by atoms with Crippen LogP contribution in [0.1, 0.15) is 26.2 Å². The van der Waals surface area contributed by atoms with E-state index < -0.39 is 10.0 Å². The zero-order chi connectivity index (χ0) is 12.0. The molecule has 0 aliphatic carbocycles. The predicted octanol–water partition coefficient (Wildman–Crippen LogP) is 0.799. The van der Waals surface area contributed by atoms with Crippen molar-refractivity contribution in [1.82, 2.24) is 10.0 Å². The smallest absolute Gasteiger partial charge is 0.214 e. The van der Waals surface area contributed by atoms with Gasteiger partial charge in [-0.25, -0.2) is 13.1 Å². The molecule has 1 heterocycles. The van der Waals surface area contributed by atoms with Crippen LogP contribution >= 0.6 is 11.8 Å². The Morgan fingerprint density at radius 2 is 2.06 bits per heavy atom. The summed E-state index contributed by atoms with van der Waals surface area (Å²) in [6, 6.07) is 0. The molecule has 16 heavy (non-hydrogen) atoms. The lowest BCUT2D eigenvalue weighted by Gasteiger charge is -2.23. The third-order valence-corrected chi connectivity index (χ3v) is 5.98. The summed E-state index contributed by atoms with van der Waals surface area (Å²) in [5.41, 5.74) is 0. The number of thioether (sulfide) groups is 1. The van der Waals surface area contributed by atoms with Gasteiger partial charge in [-0.15, -0.1) is 0 Å². The summed E-state index contributed by atoms with van der Waals surface area (Å²) in [5, 5.41) is 3.49. The van der Waals surface area contributed by atoms with Gasteiger partial charge in [0.2, 0.25) is 10.0 Å². The summed E-state index contributed by atoms with van der Waals surface area (Å²) in [4.78, 5) is 0. The quantitative estimate of drug-likeness (QED) is 0.746. The predicted molar refractivity (Wildman–Crippen MR) is 70.4 cm³/mol. The average molecular weight is 266 g/mol. The van der Waals surface area contributed by atoms with E-state index in [-0.39, 0.29) is 5.25 Å². The number of sulfonamides is 1. The lowest BCUT2D eigenvalue weighted by molar-refractivity contribution is 0.489. The van der Waals surface area contributed by atoms with Crippen LogP contribution in [-0.4, -0.2) is 44.8 Å². The molecule has 1 saturated heterocycles. The van der Waals surface area contributed by atoms with Gasteiger partial charge in [0.1, 0.15) is 0 Å². The molecule has 0 saturated carbocycles. The fraction of sp³-hybridized carbons (Fsp3) is 1.00. The Balaban J connectivity index is 2.33. The minimum Gasteiger partial charge on any atom is -0.317 e. The van der Waals surface area contributed by atoms with Gasteiger partial charge in [-0.3, -0.25) is 0 Å². The highest BCUT2D eigenvalue weighted by molar-refractivity contribution is 7.99. The first-order chi connectivity index (χ1) is 7.56. The van der Waals surface area contributed by atoms with E-state index in [0.717, 1.165) is 32.4 Å². The van der Waals surface area contributed by atoms with Gasteiger partial charge in [0, 0.05) is 11.8 Å². The van der Waals surface area contributed by atoms with E-state index >= 15 is 0 Å². The molecular formula is C10H22N2O2S2. The fourth-order valence-corrected chi connectivity index (χ4v) is 3.59. The van der Waals surface area contributed by atoms with Crippen LogP contribution in [0.5, 0.6) is 0 Å². The molecule has 0 bridgehead atoms. The first-order valence-electron chi connectivity index (χ1n) is 5.78. The maximum Gasteiger partial charge on any atom is 0.214 e. The highest BCUT2D eigenvalue weighted by Crippen LogP contribution is 2.13. The molecule has 0 aromatic rings. The van der Waals surface area contributed by atoms with Gasteiger partial charge in [0.15, 0.2) is 0 Å². The Bertz CT molecular complexity index is 287. The third kappa shape index (κ3) is 4.61. The van der Waals surface area contributed by atoms with Gasteiger partial charge in [-0.1, -0.05) is 6.92 Å². The van der Waals surface area contributed by atoms with Gasteiger partial charge in [0.25, 0.3) is 0 Å². The highest BCUT2D eigenvalue weighted by atomic mass is 32.2. The summed E-state index contributed by atoms with van der Waals surface area (Å²) >= 11 is 1.77.